The topological polar surface area (TPSA) is 55.1 Å². The van der Waals surface area contributed by atoms with Crippen molar-refractivity contribution in [1.29, 1.82) is 0 Å². The Kier molecular flexibility index (Phi) is 3.69. The Morgan fingerprint density at radius 1 is 1.48 bits per heavy atom. The number of carboxylic acid groups (broad SMARTS) is 1. The number of aryl methyl sites for hydroxylation is 1. The van der Waals surface area contributed by atoms with Crippen molar-refractivity contribution in [3.8, 4) is 0 Å². The first-order valence-electron chi connectivity index (χ1n) is 7.40. The first kappa shape index (κ1) is 14.4. The highest BCUT2D eigenvalue weighted by Gasteiger charge is 2.39. The molecule has 0 spiro atoms. The average molecular weight is 304 g/mol. The number of nitrogens with zero attached hydrogens (tertiary/aromatic N) is 2. The van der Waals surface area contributed by atoms with Crippen molar-refractivity contribution >= 4 is 28.8 Å². The van der Waals surface area contributed by atoms with E-state index in [4.69, 9.17) is 10.1 Å². The average Bonchev–Trinajstić information content (AvgIpc) is 2.77. The van der Waals surface area contributed by atoms with Gasteiger partial charge >= 0.3 is 5.97 Å². The van der Waals surface area contributed by atoms with E-state index >= 15 is 0 Å². The molecule has 0 aliphatic heterocycles. The molecule has 0 amide bonds. The minimum atomic E-state index is -0.797. The van der Waals surface area contributed by atoms with Gasteiger partial charge in [0.25, 0.3) is 0 Å². The molecule has 0 saturated heterocycles. The van der Waals surface area contributed by atoms with Crippen LogP contribution in [0.5, 0.6) is 0 Å². The number of aliphatic carboxylic acids is 1. The quantitative estimate of drug-likeness (QED) is 0.853. The fraction of sp³-hybridized carbons (Fsp3) is 0.500. The predicted octanol–water partition coefficient (Wildman–Crippen LogP) is 3.81. The van der Waals surface area contributed by atoms with Crippen LogP contribution < -0.4 is 0 Å². The summed E-state index contributed by atoms with van der Waals surface area (Å²) in [5.74, 6) is -0.739. The molecular formula is C16H20N2O2S. The van der Waals surface area contributed by atoms with Crippen molar-refractivity contribution in [2.45, 2.75) is 50.2 Å². The standard InChI is InChI=1S/C16H20N2O2S/c1-3-16(8-5-9-16)18-12-7-4-6-11(2)14(12)17-15(18)21-10-13(19)20/h4,6-7H,3,5,8-10H2,1-2H3,(H,19,20). The fourth-order valence-corrected chi connectivity index (χ4v) is 4.05. The maximum atomic E-state index is 10.9. The van der Waals surface area contributed by atoms with Crippen LogP contribution in [0.3, 0.4) is 0 Å². The number of hydrogen-bond donors (Lipinski definition) is 1. The summed E-state index contributed by atoms with van der Waals surface area (Å²) in [6.07, 6.45) is 4.61. The smallest absolute Gasteiger partial charge is 0.313 e. The molecule has 1 fully saturated rings. The van der Waals surface area contributed by atoms with Crippen LogP contribution in [0, 0.1) is 6.92 Å². The van der Waals surface area contributed by atoms with Crippen LogP contribution in [0.4, 0.5) is 0 Å². The molecule has 1 aliphatic carbocycles. The van der Waals surface area contributed by atoms with Crippen LogP contribution >= 0.6 is 11.8 Å². The summed E-state index contributed by atoms with van der Waals surface area (Å²) in [4.78, 5) is 15.7. The van der Waals surface area contributed by atoms with E-state index in [0.29, 0.717) is 0 Å². The Bertz CT molecular complexity index is 683. The molecule has 1 heterocycles. The van der Waals surface area contributed by atoms with Gasteiger partial charge < -0.3 is 9.67 Å². The number of hydrogen-bond acceptors (Lipinski definition) is 3. The van der Waals surface area contributed by atoms with Crippen LogP contribution in [0.25, 0.3) is 11.0 Å². The maximum Gasteiger partial charge on any atom is 0.313 e. The zero-order chi connectivity index (χ0) is 15.0. The molecule has 0 unspecified atom stereocenters. The van der Waals surface area contributed by atoms with Gasteiger partial charge in [-0.2, -0.15) is 0 Å². The Morgan fingerprint density at radius 3 is 2.81 bits per heavy atom. The minimum Gasteiger partial charge on any atom is -0.481 e. The SMILES string of the molecule is CCC1(n2c(SCC(=O)O)nc3c(C)cccc32)CCC1. The van der Waals surface area contributed by atoms with E-state index < -0.39 is 5.97 Å². The summed E-state index contributed by atoms with van der Waals surface area (Å²) in [7, 11) is 0. The summed E-state index contributed by atoms with van der Waals surface area (Å²) in [6.45, 7) is 4.27. The van der Waals surface area contributed by atoms with Gasteiger partial charge in [0.2, 0.25) is 0 Å². The third-order valence-electron chi connectivity index (χ3n) is 4.60. The summed E-state index contributed by atoms with van der Waals surface area (Å²) in [5.41, 5.74) is 3.42. The normalized spacial score (nSPS) is 16.9. The molecule has 2 aromatic rings. The number of benzene rings is 1. The highest BCUT2D eigenvalue weighted by molar-refractivity contribution is 7.99. The van der Waals surface area contributed by atoms with Crippen LogP contribution in [0.15, 0.2) is 23.4 Å². The Labute approximate surface area is 128 Å². The summed E-state index contributed by atoms with van der Waals surface area (Å²) in [6, 6.07) is 6.23. The number of thioether (sulfide) groups is 1. The molecule has 0 radical (unpaired) electrons. The van der Waals surface area contributed by atoms with E-state index in [1.807, 2.05) is 0 Å². The first-order valence-corrected chi connectivity index (χ1v) is 8.39. The molecule has 5 heteroatoms. The second kappa shape index (κ2) is 5.37. The highest BCUT2D eigenvalue weighted by Crippen LogP contribution is 2.46. The molecule has 1 saturated carbocycles. The van der Waals surface area contributed by atoms with Gasteiger partial charge in [0, 0.05) is 5.54 Å². The van der Waals surface area contributed by atoms with Crippen molar-refractivity contribution in [3.63, 3.8) is 0 Å². The van der Waals surface area contributed by atoms with Crippen molar-refractivity contribution in [2.24, 2.45) is 0 Å². The number of carbonyl (C=O) groups is 1. The van der Waals surface area contributed by atoms with Gasteiger partial charge in [-0.1, -0.05) is 30.8 Å². The van der Waals surface area contributed by atoms with Crippen molar-refractivity contribution in [1.82, 2.24) is 9.55 Å². The van der Waals surface area contributed by atoms with Crippen LogP contribution in [-0.4, -0.2) is 26.4 Å². The lowest BCUT2D eigenvalue weighted by atomic mass is 9.74. The molecule has 112 valence electrons. The van der Waals surface area contributed by atoms with E-state index in [0.717, 1.165) is 41.0 Å². The zero-order valence-corrected chi connectivity index (χ0v) is 13.2. The lowest BCUT2D eigenvalue weighted by Gasteiger charge is -2.43. The Morgan fingerprint density at radius 2 is 2.24 bits per heavy atom. The highest BCUT2D eigenvalue weighted by atomic mass is 32.2. The van der Waals surface area contributed by atoms with E-state index in [9.17, 15) is 4.79 Å². The van der Waals surface area contributed by atoms with Gasteiger partial charge in [-0.15, -0.1) is 0 Å². The number of rotatable bonds is 5. The predicted molar refractivity (Wildman–Crippen MR) is 84.9 cm³/mol. The van der Waals surface area contributed by atoms with Gasteiger partial charge in [-0.05, 0) is 44.2 Å². The largest absolute Gasteiger partial charge is 0.481 e. The number of carboxylic acids is 1. The molecule has 4 nitrogen and oxygen atoms in total. The monoisotopic (exact) mass is 304 g/mol. The fourth-order valence-electron chi connectivity index (χ4n) is 3.22. The van der Waals surface area contributed by atoms with E-state index in [1.54, 1.807) is 0 Å². The first-order chi connectivity index (χ1) is 10.1. The molecule has 0 bridgehead atoms. The van der Waals surface area contributed by atoms with Crippen molar-refractivity contribution < 1.29 is 9.90 Å². The van der Waals surface area contributed by atoms with Crippen LogP contribution in [0.1, 0.15) is 38.2 Å². The lowest BCUT2D eigenvalue weighted by molar-refractivity contribution is -0.133. The van der Waals surface area contributed by atoms with Gasteiger partial charge in [-0.25, -0.2) is 4.98 Å². The second-order valence-electron chi connectivity index (χ2n) is 5.79. The van der Waals surface area contributed by atoms with E-state index in [1.165, 1.54) is 18.2 Å². The molecule has 21 heavy (non-hydrogen) atoms. The Hall–Kier alpha value is -1.49. The number of fused-ring (bicyclic) bond motifs is 1. The molecule has 3 rings (SSSR count). The van der Waals surface area contributed by atoms with E-state index in [2.05, 4.69) is 36.6 Å². The molecule has 0 atom stereocenters. The van der Waals surface area contributed by atoms with Crippen LogP contribution in [-0.2, 0) is 10.3 Å². The lowest BCUT2D eigenvalue weighted by Crippen LogP contribution is -2.40. The van der Waals surface area contributed by atoms with Crippen molar-refractivity contribution in [2.75, 3.05) is 5.75 Å². The third-order valence-corrected chi connectivity index (χ3v) is 5.52. The second-order valence-corrected chi connectivity index (χ2v) is 6.73. The van der Waals surface area contributed by atoms with Crippen LogP contribution in [0.2, 0.25) is 0 Å². The molecular weight excluding hydrogens is 284 g/mol. The molecule has 1 N–H and O–H groups in total. The zero-order valence-electron chi connectivity index (χ0n) is 12.4. The minimum absolute atomic E-state index is 0.0577. The third kappa shape index (κ3) is 2.33. The molecule has 1 aliphatic rings. The van der Waals surface area contributed by atoms with Gasteiger partial charge in [0.1, 0.15) is 0 Å². The summed E-state index contributed by atoms with van der Waals surface area (Å²) < 4.78 is 2.31. The van der Waals surface area contributed by atoms with Gasteiger partial charge in [-0.3, -0.25) is 4.79 Å². The molecule has 1 aromatic heterocycles. The van der Waals surface area contributed by atoms with E-state index in [-0.39, 0.29) is 11.3 Å². The molecule has 1 aromatic carbocycles. The van der Waals surface area contributed by atoms with Gasteiger partial charge in [0.15, 0.2) is 5.16 Å². The number of aromatic nitrogens is 2. The number of para-hydroxylation sites is 1. The summed E-state index contributed by atoms with van der Waals surface area (Å²) >= 11 is 1.33. The number of imidazole rings is 1. The van der Waals surface area contributed by atoms with Crippen molar-refractivity contribution in [3.05, 3.63) is 23.8 Å². The summed E-state index contributed by atoms with van der Waals surface area (Å²) in [5, 5.41) is 9.82. The maximum absolute atomic E-state index is 10.9. The van der Waals surface area contributed by atoms with Gasteiger partial charge in [0.05, 0.1) is 16.8 Å². The Balaban J connectivity index is 2.16.